The molecular weight excluding hydrogens is 695 g/mol. The van der Waals surface area contributed by atoms with Crippen molar-refractivity contribution in [2.45, 2.75) is 5.41 Å². The smallest absolute Gasteiger partial charge is 0.235 e. The highest BCUT2D eigenvalue weighted by Crippen LogP contribution is 2.57. The molecule has 0 saturated heterocycles. The van der Waals surface area contributed by atoms with Crippen LogP contribution >= 0.6 is 0 Å². The van der Waals surface area contributed by atoms with E-state index < -0.39 is 5.41 Å². The minimum atomic E-state index is -0.600. The summed E-state index contributed by atoms with van der Waals surface area (Å²) in [5, 5.41) is 7.67. The number of hydrogen-bond acceptors (Lipinski definition) is 4. The first-order valence-electron chi connectivity index (χ1n) is 19.4. The number of rotatable bonds is 4. The summed E-state index contributed by atoms with van der Waals surface area (Å²) in [5.74, 6) is 0.599. The van der Waals surface area contributed by atoms with Gasteiger partial charge in [0.2, 0.25) is 5.95 Å². The summed E-state index contributed by atoms with van der Waals surface area (Å²) in [6.07, 6.45) is 0. The number of hydrogen-bond donors (Lipinski definition) is 0. The van der Waals surface area contributed by atoms with Crippen LogP contribution in [0.5, 0.6) is 0 Å². The Bertz CT molecular complexity index is 3280. The zero-order valence-electron chi connectivity index (χ0n) is 30.8. The van der Waals surface area contributed by atoms with Crippen molar-refractivity contribution in [1.29, 1.82) is 0 Å². The number of para-hydroxylation sites is 2. The van der Waals surface area contributed by atoms with Crippen molar-refractivity contribution in [2.24, 2.45) is 0 Å². The molecule has 0 spiro atoms. The molecular formula is C53H33N3O. The molecule has 4 nitrogen and oxygen atoms in total. The highest BCUT2D eigenvalue weighted by atomic mass is 16.3. The first kappa shape index (κ1) is 31.8. The van der Waals surface area contributed by atoms with E-state index in [2.05, 4.69) is 205 Å². The molecule has 266 valence electrons. The van der Waals surface area contributed by atoms with Gasteiger partial charge in [0.05, 0.1) is 33.4 Å². The van der Waals surface area contributed by atoms with Crippen molar-refractivity contribution in [3.63, 3.8) is 0 Å². The van der Waals surface area contributed by atoms with Crippen molar-refractivity contribution < 1.29 is 4.42 Å². The van der Waals surface area contributed by atoms with Gasteiger partial charge in [-0.3, -0.25) is 4.90 Å². The molecule has 0 aliphatic carbocycles. The Hall–Kier alpha value is -7.56. The molecule has 11 aromatic rings. The minimum Gasteiger partial charge on any atom is -0.456 e. The second kappa shape index (κ2) is 12.2. The standard InChI is InChI=1S/C53H33N3O/c1-3-18-38(19-4-1)53(39-20-5-2-6-21-39)42-23-11-13-25-44(42)56(45-26-14-12-24-43(45)53)52-54-50(37-28-27-34-15-7-8-17-36(34)33-37)41-30-32-47-49(51(41)55-52)48-40-22-10-9-16-35(40)29-31-46(48)57-47/h1-33H. The summed E-state index contributed by atoms with van der Waals surface area (Å²) in [6, 6.07) is 71.4. The molecule has 0 amide bonds. The third-order valence-corrected chi connectivity index (χ3v) is 11.9. The van der Waals surface area contributed by atoms with Crippen molar-refractivity contribution in [3.8, 4) is 11.3 Å². The Morgan fingerprint density at radius 2 is 0.982 bits per heavy atom. The molecule has 2 aromatic heterocycles. The lowest BCUT2D eigenvalue weighted by atomic mass is 9.62. The Morgan fingerprint density at radius 3 is 1.70 bits per heavy atom. The molecule has 4 heteroatoms. The van der Waals surface area contributed by atoms with Gasteiger partial charge in [0, 0.05) is 16.3 Å². The van der Waals surface area contributed by atoms with Gasteiger partial charge < -0.3 is 4.42 Å². The number of nitrogens with zero attached hydrogens (tertiary/aromatic N) is 3. The number of furan rings is 1. The van der Waals surface area contributed by atoms with Gasteiger partial charge in [-0.05, 0) is 80.2 Å². The fourth-order valence-corrected chi connectivity index (χ4v) is 9.49. The topological polar surface area (TPSA) is 42.2 Å². The van der Waals surface area contributed by atoms with Gasteiger partial charge in [-0.15, -0.1) is 0 Å². The van der Waals surface area contributed by atoms with Crippen molar-refractivity contribution in [2.75, 3.05) is 4.90 Å². The molecule has 0 saturated carbocycles. The lowest BCUT2D eigenvalue weighted by Crippen LogP contribution is -2.38. The second-order valence-corrected chi connectivity index (χ2v) is 14.9. The highest BCUT2D eigenvalue weighted by Gasteiger charge is 2.46. The SMILES string of the molecule is c1ccc(C2(c3ccccc3)c3ccccc3N(c3nc(-c4ccc5ccccc5c4)c4ccc5oc6ccc7ccccc7c6c5c4n3)c3ccccc32)cc1. The molecule has 57 heavy (non-hydrogen) atoms. The van der Waals surface area contributed by atoms with Crippen LogP contribution in [-0.2, 0) is 5.41 Å². The molecule has 0 atom stereocenters. The fraction of sp³-hybridized carbons (Fsp3) is 0.0189. The van der Waals surface area contributed by atoms with E-state index in [-0.39, 0.29) is 0 Å². The van der Waals surface area contributed by atoms with Crippen LogP contribution in [0.15, 0.2) is 205 Å². The molecule has 12 rings (SSSR count). The summed E-state index contributed by atoms with van der Waals surface area (Å²) in [4.78, 5) is 13.5. The monoisotopic (exact) mass is 727 g/mol. The first-order chi connectivity index (χ1) is 28.3. The van der Waals surface area contributed by atoms with Crippen LogP contribution in [0, 0.1) is 0 Å². The zero-order chi connectivity index (χ0) is 37.5. The van der Waals surface area contributed by atoms with Gasteiger partial charge in [0.25, 0.3) is 0 Å². The first-order valence-corrected chi connectivity index (χ1v) is 19.4. The number of benzene rings is 9. The molecule has 9 aromatic carbocycles. The van der Waals surface area contributed by atoms with E-state index in [1.807, 2.05) is 0 Å². The van der Waals surface area contributed by atoms with E-state index in [0.717, 1.165) is 82.8 Å². The third kappa shape index (κ3) is 4.56. The molecule has 0 radical (unpaired) electrons. The molecule has 3 heterocycles. The minimum absolute atomic E-state index is 0.599. The average Bonchev–Trinajstić information content (AvgIpc) is 3.68. The van der Waals surface area contributed by atoms with E-state index in [0.29, 0.717) is 5.95 Å². The van der Waals surface area contributed by atoms with E-state index in [9.17, 15) is 0 Å². The summed E-state index contributed by atoms with van der Waals surface area (Å²) in [7, 11) is 0. The summed E-state index contributed by atoms with van der Waals surface area (Å²) >= 11 is 0. The predicted octanol–water partition coefficient (Wildman–Crippen LogP) is 13.7. The molecule has 1 aliphatic rings. The Kier molecular flexibility index (Phi) is 6.81. The number of anilines is 3. The van der Waals surface area contributed by atoms with Crippen molar-refractivity contribution >= 4 is 71.7 Å². The fourth-order valence-electron chi connectivity index (χ4n) is 9.49. The number of aromatic nitrogens is 2. The van der Waals surface area contributed by atoms with Gasteiger partial charge >= 0.3 is 0 Å². The summed E-state index contributed by atoms with van der Waals surface area (Å²) < 4.78 is 6.62. The third-order valence-electron chi connectivity index (χ3n) is 11.9. The van der Waals surface area contributed by atoms with E-state index in [1.165, 1.54) is 16.5 Å². The van der Waals surface area contributed by atoms with Crippen molar-refractivity contribution in [1.82, 2.24) is 9.97 Å². The molecule has 0 N–H and O–H groups in total. The lowest BCUT2D eigenvalue weighted by Gasteiger charge is -2.45. The highest BCUT2D eigenvalue weighted by molar-refractivity contribution is 6.26. The van der Waals surface area contributed by atoms with Crippen LogP contribution in [0.1, 0.15) is 22.3 Å². The molecule has 0 unspecified atom stereocenters. The maximum absolute atomic E-state index is 6.62. The van der Waals surface area contributed by atoms with Crippen LogP contribution in [0.25, 0.3) is 65.6 Å². The molecule has 0 bridgehead atoms. The largest absolute Gasteiger partial charge is 0.456 e. The van der Waals surface area contributed by atoms with Crippen LogP contribution in [0.4, 0.5) is 17.3 Å². The molecule has 0 fully saturated rings. The van der Waals surface area contributed by atoms with Gasteiger partial charge in [-0.2, -0.15) is 0 Å². The normalized spacial score (nSPS) is 13.4. The van der Waals surface area contributed by atoms with Crippen LogP contribution in [-0.4, -0.2) is 9.97 Å². The van der Waals surface area contributed by atoms with E-state index in [1.54, 1.807) is 0 Å². The van der Waals surface area contributed by atoms with Gasteiger partial charge in [-0.1, -0.05) is 164 Å². The summed E-state index contributed by atoms with van der Waals surface area (Å²) in [5.41, 5.74) is 10.6. The van der Waals surface area contributed by atoms with Crippen LogP contribution in [0.3, 0.4) is 0 Å². The maximum atomic E-state index is 6.62. The van der Waals surface area contributed by atoms with Gasteiger partial charge in [-0.25, -0.2) is 9.97 Å². The predicted molar refractivity (Wildman–Crippen MR) is 234 cm³/mol. The maximum Gasteiger partial charge on any atom is 0.235 e. The Morgan fingerprint density at radius 1 is 0.421 bits per heavy atom. The van der Waals surface area contributed by atoms with Crippen LogP contribution in [0.2, 0.25) is 0 Å². The Balaban J connectivity index is 1.22. The average molecular weight is 728 g/mol. The summed E-state index contributed by atoms with van der Waals surface area (Å²) in [6.45, 7) is 0. The quantitative estimate of drug-likeness (QED) is 0.181. The lowest BCUT2D eigenvalue weighted by molar-refractivity contribution is 0.669. The van der Waals surface area contributed by atoms with Gasteiger partial charge in [0.1, 0.15) is 11.2 Å². The Labute approximate surface area is 328 Å². The molecule has 1 aliphatic heterocycles. The van der Waals surface area contributed by atoms with E-state index >= 15 is 0 Å². The second-order valence-electron chi connectivity index (χ2n) is 14.9. The van der Waals surface area contributed by atoms with Crippen LogP contribution < -0.4 is 4.90 Å². The zero-order valence-corrected chi connectivity index (χ0v) is 30.8. The number of fused-ring (bicyclic) bond motifs is 10. The van der Waals surface area contributed by atoms with Gasteiger partial charge in [0.15, 0.2) is 0 Å². The van der Waals surface area contributed by atoms with Crippen molar-refractivity contribution in [3.05, 3.63) is 222 Å². The van der Waals surface area contributed by atoms with E-state index in [4.69, 9.17) is 14.4 Å².